The summed E-state index contributed by atoms with van der Waals surface area (Å²) < 4.78 is 0. The molecule has 7 atom stereocenters. The molecule has 0 aromatic heterocycles. The molecule has 0 bridgehead atoms. The second-order valence-corrected chi connectivity index (χ2v) is 9.56. The Morgan fingerprint density at radius 1 is 0.750 bits per heavy atom. The topological polar surface area (TPSA) is 0 Å². The normalized spacial score (nSPS) is 42.2. The van der Waals surface area contributed by atoms with Gasteiger partial charge >= 0.3 is 0 Å². The first-order valence-corrected chi connectivity index (χ1v) is 11.6. The maximum absolute atomic E-state index is 2.65. The Labute approximate surface area is 153 Å². The third kappa shape index (κ3) is 3.73. The SMILES string of the molecule is CCCCCCC1CC2(CC(C)C(CCC)C2C)C(CC)C1CC. The average molecular weight is 335 g/mol. The third-order valence-electron chi connectivity index (χ3n) is 8.45. The van der Waals surface area contributed by atoms with Gasteiger partial charge in [0, 0.05) is 0 Å². The van der Waals surface area contributed by atoms with Gasteiger partial charge in [-0.2, -0.15) is 0 Å². The van der Waals surface area contributed by atoms with Crippen molar-refractivity contribution in [2.45, 2.75) is 112 Å². The summed E-state index contributed by atoms with van der Waals surface area (Å²) in [6.45, 7) is 14.9. The van der Waals surface area contributed by atoms with Crippen molar-refractivity contribution in [1.82, 2.24) is 0 Å². The zero-order chi connectivity index (χ0) is 17.7. The van der Waals surface area contributed by atoms with Crippen molar-refractivity contribution in [3.8, 4) is 0 Å². The predicted molar refractivity (Wildman–Crippen MR) is 108 cm³/mol. The van der Waals surface area contributed by atoms with Crippen LogP contribution in [0, 0.1) is 40.9 Å². The lowest BCUT2D eigenvalue weighted by Crippen LogP contribution is -2.32. The molecular weight excluding hydrogens is 288 g/mol. The van der Waals surface area contributed by atoms with Gasteiger partial charge in [-0.25, -0.2) is 0 Å². The third-order valence-corrected chi connectivity index (χ3v) is 8.45. The molecule has 2 aliphatic carbocycles. The summed E-state index contributed by atoms with van der Waals surface area (Å²) in [7, 11) is 0. The van der Waals surface area contributed by atoms with Gasteiger partial charge in [-0.05, 0) is 53.8 Å². The van der Waals surface area contributed by atoms with Gasteiger partial charge in [0.25, 0.3) is 0 Å². The lowest BCUT2D eigenvalue weighted by atomic mass is 9.66. The Kier molecular flexibility index (Phi) is 7.69. The van der Waals surface area contributed by atoms with Crippen molar-refractivity contribution in [3.05, 3.63) is 0 Å². The zero-order valence-electron chi connectivity index (χ0n) is 17.7. The zero-order valence-corrected chi connectivity index (χ0v) is 17.7. The van der Waals surface area contributed by atoms with Gasteiger partial charge < -0.3 is 0 Å². The molecule has 0 heteroatoms. The van der Waals surface area contributed by atoms with E-state index in [0.717, 1.165) is 35.5 Å². The van der Waals surface area contributed by atoms with Crippen molar-refractivity contribution in [1.29, 1.82) is 0 Å². The van der Waals surface area contributed by atoms with E-state index in [1.165, 1.54) is 57.8 Å². The lowest BCUT2D eigenvalue weighted by Gasteiger charge is -2.39. The van der Waals surface area contributed by atoms with E-state index in [4.69, 9.17) is 0 Å². The smallest absolute Gasteiger partial charge is 0.0233 e. The number of unbranched alkanes of at least 4 members (excludes halogenated alkanes) is 3. The van der Waals surface area contributed by atoms with Crippen LogP contribution in [0.25, 0.3) is 0 Å². The van der Waals surface area contributed by atoms with Crippen molar-refractivity contribution in [3.63, 3.8) is 0 Å². The first kappa shape index (κ1) is 20.3. The lowest BCUT2D eigenvalue weighted by molar-refractivity contribution is 0.0975. The van der Waals surface area contributed by atoms with Crippen molar-refractivity contribution in [2.75, 3.05) is 0 Å². The summed E-state index contributed by atoms with van der Waals surface area (Å²) in [5, 5.41) is 0. The van der Waals surface area contributed by atoms with Crippen LogP contribution in [0.4, 0.5) is 0 Å². The fraction of sp³-hybridized carbons (Fsp3) is 1.00. The molecule has 24 heavy (non-hydrogen) atoms. The van der Waals surface area contributed by atoms with Crippen LogP contribution in [-0.2, 0) is 0 Å². The second-order valence-electron chi connectivity index (χ2n) is 9.56. The summed E-state index contributed by atoms with van der Waals surface area (Å²) in [4.78, 5) is 0. The Balaban J connectivity index is 2.14. The number of hydrogen-bond donors (Lipinski definition) is 0. The summed E-state index contributed by atoms with van der Waals surface area (Å²) in [6, 6.07) is 0. The molecule has 0 aromatic rings. The molecule has 2 rings (SSSR count). The van der Waals surface area contributed by atoms with Crippen LogP contribution in [0.3, 0.4) is 0 Å². The standard InChI is InChI=1S/C24H46/c1-7-11-12-13-15-20-17-24(23(10-4)21(20)9-3)16-18(5)22(14-8-2)19(24)6/h18-23H,7-17H2,1-6H3. The molecule has 0 radical (unpaired) electrons. The van der Waals surface area contributed by atoms with Crippen molar-refractivity contribution >= 4 is 0 Å². The van der Waals surface area contributed by atoms with Gasteiger partial charge in [0.15, 0.2) is 0 Å². The van der Waals surface area contributed by atoms with E-state index in [0.29, 0.717) is 5.41 Å². The van der Waals surface area contributed by atoms with E-state index >= 15 is 0 Å². The Morgan fingerprint density at radius 3 is 2.08 bits per heavy atom. The van der Waals surface area contributed by atoms with Gasteiger partial charge in [0.1, 0.15) is 0 Å². The molecule has 7 unspecified atom stereocenters. The van der Waals surface area contributed by atoms with E-state index in [9.17, 15) is 0 Å². The van der Waals surface area contributed by atoms with E-state index in [1.807, 2.05) is 0 Å². The Bertz CT molecular complexity index is 359. The molecule has 2 saturated carbocycles. The summed E-state index contributed by atoms with van der Waals surface area (Å²) in [6.07, 6.45) is 16.1. The highest BCUT2D eigenvalue weighted by Crippen LogP contribution is 2.66. The van der Waals surface area contributed by atoms with Crippen molar-refractivity contribution < 1.29 is 0 Å². The quantitative estimate of drug-likeness (QED) is 0.373. The molecule has 142 valence electrons. The second kappa shape index (κ2) is 9.09. The largest absolute Gasteiger partial charge is 0.0654 e. The van der Waals surface area contributed by atoms with Gasteiger partial charge in [0.05, 0.1) is 0 Å². The fourth-order valence-corrected chi connectivity index (χ4v) is 7.50. The highest BCUT2D eigenvalue weighted by molar-refractivity contribution is 5.08. The molecule has 0 amide bonds. The van der Waals surface area contributed by atoms with E-state index in [1.54, 1.807) is 12.8 Å². The molecule has 2 aliphatic rings. The minimum absolute atomic E-state index is 0.699. The number of hydrogen-bond acceptors (Lipinski definition) is 0. The summed E-state index contributed by atoms with van der Waals surface area (Å²) in [5.74, 6) is 5.99. The van der Waals surface area contributed by atoms with Gasteiger partial charge in [-0.3, -0.25) is 0 Å². The molecule has 0 saturated heterocycles. The first-order valence-electron chi connectivity index (χ1n) is 11.6. The molecule has 0 N–H and O–H groups in total. The summed E-state index contributed by atoms with van der Waals surface area (Å²) in [5.41, 5.74) is 0.699. The minimum Gasteiger partial charge on any atom is -0.0654 e. The van der Waals surface area contributed by atoms with Crippen LogP contribution >= 0.6 is 0 Å². The average Bonchev–Trinajstić information content (AvgIpc) is 3.00. The van der Waals surface area contributed by atoms with E-state index in [2.05, 4.69) is 41.5 Å². The van der Waals surface area contributed by atoms with E-state index < -0.39 is 0 Å². The van der Waals surface area contributed by atoms with Crippen LogP contribution in [0.5, 0.6) is 0 Å². The monoisotopic (exact) mass is 334 g/mol. The van der Waals surface area contributed by atoms with Crippen LogP contribution in [0.2, 0.25) is 0 Å². The van der Waals surface area contributed by atoms with Crippen molar-refractivity contribution in [2.24, 2.45) is 40.9 Å². The van der Waals surface area contributed by atoms with Gasteiger partial charge in [-0.1, -0.05) is 99.3 Å². The molecule has 1 spiro atoms. The molecule has 0 nitrogen and oxygen atoms in total. The minimum atomic E-state index is 0.699. The highest BCUT2D eigenvalue weighted by Gasteiger charge is 2.59. The first-order chi connectivity index (χ1) is 11.6. The predicted octanol–water partition coefficient (Wildman–Crippen LogP) is 8.11. The Morgan fingerprint density at radius 2 is 1.50 bits per heavy atom. The van der Waals surface area contributed by atoms with Gasteiger partial charge in [0.2, 0.25) is 0 Å². The Hall–Kier alpha value is 0. The van der Waals surface area contributed by atoms with E-state index in [-0.39, 0.29) is 0 Å². The summed E-state index contributed by atoms with van der Waals surface area (Å²) >= 11 is 0. The molecular formula is C24H46. The van der Waals surface area contributed by atoms with Gasteiger partial charge in [-0.15, -0.1) is 0 Å². The fourth-order valence-electron chi connectivity index (χ4n) is 7.50. The molecule has 2 fully saturated rings. The number of rotatable bonds is 9. The maximum atomic E-state index is 2.65. The molecule has 0 heterocycles. The van der Waals surface area contributed by atoms with Crippen LogP contribution in [0.15, 0.2) is 0 Å². The van der Waals surface area contributed by atoms with Crippen LogP contribution < -0.4 is 0 Å². The highest BCUT2D eigenvalue weighted by atomic mass is 14.6. The van der Waals surface area contributed by atoms with Crippen LogP contribution in [-0.4, -0.2) is 0 Å². The molecule has 0 aromatic carbocycles. The van der Waals surface area contributed by atoms with Crippen LogP contribution in [0.1, 0.15) is 112 Å². The molecule has 0 aliphatic heterocycles. The maximum Gasteiger partial charge on any atom is -0.0233 e.